The highest BCUT2D eigenvalue weighted by Gasteiger charge is 2.33. The first kappa shape index (κ1) is 28.3. The van der Waals surface area contributed by atoms with Gasteiger partial charge in [-0.1, -0.05) is 29.5 Å². The van der Waals surface area contributed by atoms with Crippen LogP contribution in [-0.2, 0) is 15.7 Å². The van der Waals surface area contributed by atoms with Crippen molar-refractivity contribution in [3.05, 3.63) is 119 Å². The van der Waals surface area contributed by atoms with E-state index < -0.39 is 35.1 Å². The second-order valence-electron chi connectivity index (χ2n) is 9.56. The summed E-state index contributed by atoms with van der Waals surface area (Å²) in [6.45, 7) is 6.99. The number of halogens is 4. The number of carbonyl (C=O) groups excluding carboxylic acids is 1. The molecule has 0 spiro atoms. The number of allylic oxidation sites excluding steroid dienone is 1. The maximum absolute atomic E-state index is 13.8. The molecule has 2 aromatic carbocycles. The number of hydrogen-bond donors (Lipinski definition) is 0. The zero-order valence-electron chi connectivity index (χ0n) is 22.5. The maximum atomic E-state index is 13.8. The van der Waals surface area contributed by atoms with Crippen LogP contribution in [-0.4, -0.2) is 21.7 Å². The number of thiazole rings is 1. The van der Waals surface area contributed by atoms with Crippen LogP contribution in [0.3, 0.4) is 0 Å². The SMILES string of the molecule is CCOC(=O)C1=C(C)N=c2sc(=Cc3cc(C)n(-c4cccc(C(F)(F)F)c4)c3C)c(=O)n2C1c1ccc(F)cc1. The standard InChI is InChI=1S/C30H25F4N3O3S/c1-5-40-28(39)25-17(3)35-29-37(26(25)19-9-11-22(31)12-10-19)27(38)24(41-29)14-20-13-16(2)36(18(20)4)23-8-6-7-21(15-23)30(32,33)34/h6-15,26H,5H2,1-4H3. The van der Waals surface area contributed by atoms with Gasteiger partial charge in [0, 0.05) is 17.1 Å². The quantitative estimate of drug-likeness (QED) is 0.235. The molecule has 0 fully saturated rings. The maximum Gasteiger partial charge on any atom is 0.416 e. The van der Waals surface area contributed by atoms with Crippen molar-refractivity contribution in [3.8, 4) is 5.69 Å². The van der Waals surface area contributed by atoms with Crippen molar-refractivity contribution in [1.29, 1.82) is 0 Å². The predicted octanol–water partition coefficient (Wildman–Crippen LogP) is 5.36. The molecular weight excluding hydrogens is 558 g/mol. The molecule has 3 heterocycles. The number of aryl methyl sites for hydroxylation is 1. The highest BCUT2D eigenvalue weighted by molar-refractivity contribution is 7.07. The summed E-state index contributed by atoms with van der Waals surface area (Å²) in [4.78, 5) is 31.7. The molecule has 0 bridgehead atoms. The summed E-state index contributed by atoms with van der Waals surface area (Å²) in [5.74, 6) is -1.09. The second-order valence-corrected chi connectivity index (χ2v) is 10.6. The van der Waals surface area contributed by atoms with E-state index in [-0.39, 0.29) is 12.2 Å². The number of benzene rings is 2. The summed E-state index contributed by atoms with van der Waals surface area (Å²) >= 11 is 1.12. The minimum Gasteiger partial charge on any atom is -0.463 e. The Kier molecular flexibility index (Phi) is 7.33. The van der Waals surface area contributed by atoms with Crippen molar-refractivity contribution in [2.24, 2.45) is 4.99 Å². The monoisotopic (exact) mass is 583 g/mol. The number of ether oxygens (including phenoxy) is 1. The van der Waals surface area contributed by atoms with E-state index in [9.17, 15) is 27.2 Å². The Hall–Kier alpha value is -4.25. The number of aromatic nitrogens is 2. The van der Waals surface area contributed by atoms with E-state index >= 15 is 0 Å². The summed E-state index contributed by atoms with van der Waals surface area (Å²) in [7, 11) is 0. The van der Waals surface area contributed by atoms with Gasteiger partial charge >= 0.3 is 12.1 Å². The molecule has 1 atom stereocenters. The topological polar surface area (TPSA) is 65.6 Å². The first-order valence-corrected chi connectivity index (χ1v) is 13.5. The first-order valence-electron chi connectivity index (χ1n) is 12.7. The van der Waals surface area contributed by atoms with Gasteiger partial charge in [0.05, 0.1) is 34.0 Å². The molecule has 11 heteroatoms. The Morgan fingerprint density at radius 2 is 1.80 bits per heavy atom. The Balaban J connectivity index is 1.67. The summed E-state index contributed by atoms with van der Waals surface area (Å²) in [6, 6.07) is 11.5. The van der Waals surface area contributed by atoms with E-state index in [4.69, 9.17) is 4.74 Å². The molecule has 0 aliphatic carbocycles. The second kappa shape index (κ2) is 10.6. The predicted molar refractivity (Wildman–Crippen MR) is 147 cm³/mol. The molecule has 212 valence electrons. The zero-order chi connectivity index (χ0) is 29.6. The van der Waals surface area contributed by atoms with Crippen LogP contribution < -0.4 is 14.9 Å². The van der Waals surface area contributed by atoms with Crippen molar-refractivity contribution < 1.29 is 27.1 Å². The average molecular weight is 584 g/mol. The first-order chi connectivity index (χ1) is 19.4. The molecule has 1 unspecified atom stereocenters. The third kappa shape index (κ3) is 5.17. The van der Waals surface area contributed by atoms with Crippen LogP contribution in [0.2, 0.25) is 0 Å². The van der Waals surface area contributed by atoms with Gasteiger partial charge in [0.25, 0.3) is 5.56 Å². The van der Waals surface area contributed by atoms with Crippen LogP contribution in [0.15, 0.2) is 75.7 Å². The van der Waals surface area contributed by atoms with E-state index in [0.717, 1.165) is 23.5 Å². The molecule has 0 saturated carbocycles. The number of rotatable bonds is 5. The van der Waals surface area contributed by atoms with E-state index in [0.29, 0.717) is 43.2 Å². The van der Waals surface area contributed by atoms with Crippen LogP contribution in [0.5, 0.6) is 0 Å². The molecule has 1 aliphatic heterocycles. The smallest absolute Gasteiger partial charge is 0.416 e. The van der Waals surface area contributed by atoms with Gasteiger partial charge in [0.15, 0.2) is 4.80 Å². The number of carbonyl (C=O) groups is 1. The summed E-state index contributed by atoms with van der Waals surface area (Å²) in [6.07, 6.45) is -2.81. The third-order valence-electron chi connectivity index (χ3n) is 6.89. The Morgan fingerprint density at radius 3 is 2.46 bits per heavy atom. The molecule has 0 amide bonds. The number of fused-ring (bicyclic) bond motifs is 1. The van der Waals surface area contributed by atoms with Gasteiger partial charge in [0.2, 0.25) is 0 Å². The zero-order valence-corrected chi connectivity index (χ0v) is 23.4. The number of alkyl halides is 3. The normalized spacial score (nSPS) is 15.6. The van der Waals surface area contributed by atoms with Crippen molar-refractivity contribution in [2.45, 2.75) is 39.9 Å². The average Bonchev–Trinajstić information content (AvgIpc) is 3.37. The van der Waals surface area contributed by atoms with Crippen LogP contribution >= 0.6 is 11.3 Å². The highest BCUT2D eigenvalue weighted by Crippen LogP contribution is 2.32. The fourth-order valence-electron chi connectivity index (χ4n) is 5.05. The molecule has 0 N–H and O–H groups in total. The van der Waals surface area contributed by atoms with Crippen LogP contribution in [0.4, 0.5) is 17.6 Å². The lowest BCUT2D eigenvalue weighted by Crippen LogP contribution is -2.39. The molecule has 0 radical (unpaired) electrons. The largest absolute Gasteiger partial charge is 0.463 e. The minimum absolute atomic E-state index is 0.123. The Bertz CT molecular complexity index is 1880. The molecular formula is C30H25F4N3O3S. The van der Waals surface area contributed by atoms with Crippen molar-refractivity contribution >= 4 is 23.4 Å². The fraction of sp³-hybridized carbons (Fsp3) is 0.233. The molecule has 2 aromatic heterocycles. The molecule has 6 nitrogen and oxygen atoms in total. The van der Waals surface area contributed by atoms with Crippen LogP contribution in [0, 0.1) is 19.7 Å². The molecule has 41 heavy (non-hydrogen) atoms. The number of nitrogens with zero attached hydrogens (tertiary/aromatic N) is 3. The molecule has 4 aromatic rings. The summed E-state index contributed by atoms with van der Waals surface area (Å²) in [5, 5.41) is 0. The van der Waals surface area contributed by atoms with E-state index in [1.807, 2.05) is 0 Å². The van der Waals surface area contributed by atoms with Gasteiger partial charge in [-0.3, -0.25) is 9.36 Å². The van der Waals surface area contributed by atoms with E-state index in [1.54, 1.807) is 50.5 Å². The number of hydrogen-bond acceptors (Lipinski definition) is 5. The van der Waals surface area contributed by atoms with Gasteiger partial charge in [-0.2, -0.15) is 13.2 Å². The molecule has 0 saturated heterocycles. The van der Waals surface area contributed by atoms with Gasteiger partial charge in [-0.15, -0.1) is 0 Å². The van der Waals surface area contributed by atoms with Crippen LogP contribution in [0.1, 0.15) is 48.0 Å². The van der Waals surface area contributed by atoms with E-state index in [2.05, 4.69) is 4.99 Å². The van der Waals surface area contributed by atoms with Gasteiger partial charge in [0.1, 0.15) is 5.82 Å². The highest BCUT2D eigenvalue weighted by atomic mass is 32.1. The third-order valence-corrected chi connectivity index (χ3v) is 7.87. The van der Waals surface area contributed by atoms with Crippen molar-refractivity contribution in [3.63, 3.8) is 0 Å². The lowest BCUT2D eigenvalue weighted by molar-refractivity contribution is -0.139. The van der Waals surface area contributed by atoms with Crippen molar-refractivity contribution in [2.75, 3.05) is 6.61 Å². The number of esters is 1. The molecule has 1 aliphatic rings. The lowest BCUT2D eigenvalue weighted by Gasteiger charge is -2.24. The summed E-state index contributed by atoms with van der Waals surface area (Å²) in [5.41, 5.74) is 2.23. The Morgan fingerprint density at radius 1 is 1.10 bits per heavy atom. The Labute approximate surface area is 236 Å². The van der Waals surface area contributed by atoms with Gasteiger partial charge < -0.3 is 9.30 Å². The fourth-order valence-corrected chi connectivity index (χ4v) is 6.08. The van der Waals surface area contributed by atoms with Gasteiger partial charge in [-0.05, 0) is 81.3 Å². The molecule has 5 rings (SSSR count). The van der Waals surface area contributed by atoms with Gasteiger partial charge in [-0.25, -0.2) is 14.2 Å². The van der Waals surface area contributed by atoms with Crippen LogP contribution in [0.25, 0.3) is 11.8 Å². The van der Waals surface area contributed by atoms with Crippen molar-refractivity contribution in [1.82, 2.24) is 9.13 Å². The van der Waals surface area contributed by atoms with E-state index in [1.165, 1.54) is 34.9 Å². The lowest BCUT2D eigenvalue weighted by atomic mass is 9.96. The minimum atomic E-state index is -4.48. The summed E-state index contributed by atoms with van der Waals surface area (Å²) < 4.78 is 62.5.